The van der Waals surface area contributed by atoms with Crippen molar-refractivity contribution in [3.05, 3.63) is 16.3 Å². The molecule has 0 N–H and O–H groups in total. The van der Waals surface area contributed by atoms with Crippen molar-refractivity contribution in [2.45, 2.75) is 45.2 Å². The highest BCUT2D eigenvalue weighted by molar-refractivity contribution is 7.99. The third-order valence-corrected chi connectivity index (χ3v) is 3.57. The SMILES string of the molecule is Cc1c(Cl)nnc(SCC(=O)OC(C)(C)C)c1C. The van der Waals surface area contributed by atoms with Gasteiger partial charge in [-0.15, -0.1) is 10.2 Å². The lowest BCUT2D eigenvalue weighted by atomic mass is 10.2. The number of ether oxygens (including phenoxy) is 1. The van der Waals surface area contributed by atoms with Crippen molar-refractivity contribution in [2.24, 2.45) is 0 Å². The molecule has 0 fully saturated rings. The summed E-state index contributed by atoms with van der Waals surface area (Å²) >= 11 is 7.17. The fourth-order valence-corrected chi connectivity index (χ4v) is 2.15. The van der Waals surface area contributed by atoms with Crippen LogP contribution in [-0.4, -0.2) is 27.5 Å². The number of nitrogens with zero attached hydrogens (tertiary/aromatic N) is 2. The molecule has 100 valence electrons. The van der Waals surface area contributed by atoms with Crippen LogP contribution >= 0.6 is 23.4 Å². The molecule has 0 aliphatic rings. The summed E-state index contributed by atoms with van der Waals surface area (Å²) in [7, 11) is 0. The van der Waals surface area contributed by atoms with E-state index in [1.165, 1.54) is 11.8 Å². The molecule has 1 aromatic heterocycles. The molecule has 0 atom stereocenters. The van der Waals surface area contributed by atoms with Crippen LogP contribution in [0.2, 0.25) is 5.15 Å². The zero-order valence-electron chi connectivity index (χ0n) is 11.2. The number of hydrogen-bond acceptors (Lipinski definition) is 5. The summed E-state index contributed by atoms with van der Waals surface area (Å²) in [5.41, 5.74) is 1.37. The van der Waals surface area contributed by atoms with Gasteiger partial charge in [-0.25, -0.2) is 0 Å². The number of thioether (sulfide) groups is 1. The average Bonchev–Trinajstić information content (AvgIpc) is 2.22. The van der Waals surface area contributed by atoms with Crippen molar-refractivity contribution in [1.82, 2.24) is 10.2 Å². The zero-order valence-corrected chi connectivity index (χ0v) is 12.8. The Morgan fingerprint density at radius 3 is 2.44 bits per heavy atom. The number of aromatic nitrogens is 2. The summed E-state index contributed by atoms with van der Waals surface area (Å²) in [6, 6.07) is 0. The summed E-state index contributed by atoms with van der Waals surface area (Å²) in [4.78, 5) is 11.6. The van der Waals surface area contributed by atoms with Gasteiger partial charge in [0.1, 0.15) is 10.6 Å². The van der Waals surface area contributed by atoms with Gasteiger partial charge >= 0.3 is 5.97 Å². The topological polar surface area (TPSA) is 52.1 Å². The highest BCUT2D eigenvalue weighted by Gasteiger charge is 2.17. The average molecular weight is 289 g/mol. The largest absolute Gasteiger partial charge is 0.459 e. The van der Waals surface area contributed by atoms with Crippen LogP contribution in [0.15, 0.2) is 5.03 Å². The maximum absolute atomic E-state index is 11.6. The highest BCUT2D eigenvalue weighted by atomic mass is 35.5. The molecule has 1 aromatic rings. The second kappa shape index (κ2) is 5.89. The van der Waals surface area contributed by atoms with E-state index < -0.39 is 5.60 Å². The quantitative estimate of drug-likeness (QED) is 0.631. The van der Waals surface area contributed by atoms with Gasteiger partial charge in [0, 0.05) is 0 Å². The molecule has 0 bridgehead atoms. The number of esters is 1. The summed E-state index contributed by atoms with van der Waals surface area (Å²) in [5.74, 6) is -0.0465. The van der Waals surface area contributed by atoms with Crippen LogP contribution in [0.1, 0.15) is 31.9 Å². The Morgan fingerprint density at radius 1 is 1.28 bits per heavy atom. The number of hydrogen-bond donors (Lipinski definition) is 0. The van der Waals surface area contributed by atoms with Crippen molar-refractivity contribution in [2.75, 3.05) is 5.75 Å². The highest BCUT2D eigenvalue weighted by Crippen LogP contribution is 2.25. The van der Waals surface area contributed by atoms with E-state index >= 15 is 0 Å². The fraction of sp³-hybridized carbons (Fsp3) is 0.583. The molecule has 0 aliphatic heterocycles. The van der Waals surface area contributed by atoms with Gasteiger partial charge < -0.3 is 4.74 Å². The first kappa shape index (κ1) is 15.2. The lowest BCUT2D eigenvalue weighted by Crippen LogP contribution is -2.25. The first-order valence-electron chi connectivity index (χ1n) is 5.54. The molecule has 4 nitrogen and oxygen atoms in total. The lowest BCUT2D eigenvalue weighted by molar-refractivity contribution is -0.151. The van der Waals surface area contributed by atoms with Gasteiger partial charge in [-0.05, 0) is 45.7 Å². The number of carbonyl (C=O) groups is 1. The second-order valence-corrected chi connectivity index (χ2v) is 6.24. The normalized spacial score (nSPS) is 11.4. The predicted molar refractivity (Wildman–Crippen MR) is 73.1 cm³/mol. The van der Waals surface area contributed by atoms with Crippen LogP contribution in [0.5, 0.6) is 0 Å². The third-order valence-electron chi connectivity index (χ3n) is 2.17. The van der Waals surface area contributed by atoms with E-state index in [0.29, 0.717) is 10.2 Å². The van der Waals surface area contributed by atoms with Gasteiger partial charge in [-0.1, -0.05) is 23.4 Å². The Hall–Kier alpha value is -0.810. The molecular formula is C12H17ClN2O2S. The standard InChI is InChI=1S/C12H17ClN2O2S/c1-7-8(2)11(15-14-10(7)13)18-6-9(16)17-12(3,4)5/h6H2,1-5H3. The monoisotopic (exact) mass is 288 g/mol. The minimum Gasteiger partial charge on any atom is -0.459 e. The molecule has 0 aromatic carbocycles. The first-order valence-corrected chi connectivity index (χ1v) is 6.91. The van der Waals surface area contributed by atoms with Crippen molar-refractivity contribution in [3.8, 4) is 0 Å². The molecule has 0 aliphatic carbocycles. The number of halogens is 1. The van der Waals surface area contributed by atoms with Crippen LogP contribution < -0.4 is 0 Å². The molecule has 18 heavy (non-hydrogen) atoms. The lowest BCUT2D eigenvalue weighted by Gasteiger charge is -2.19. The summed E-state index contributed by atoms with van der Waals surface area (Å²) in [5, 5.41) is 8.92. The molecule has 0 saturated heterocycles. The first-order chi connectivity index (χ1) is 8.20. The Morgan fingerprint density at radius 2 is 1.89 bits per heavy atom. The maximum atomic E-state index is 11.6. The zero-order chi connectivity index (χ0) is 13.9. The molecule has 0 amide bonds. The van der Waals surface area contributed by atoms with E-state index in [1.54, 1.807) is 0 Å². The molecule has 0 radical (unpaired) electrons. The molecular weight excluding hydrogens is 272 g/mol. The van der Waals surface area contributed by atoms with Gasteiger partial charge in [0.2, 0.25) is 0 Å². The van der Waals surface area contributed by atoms with Gasteiger partial charge in [-0.3, -0.25) is 4.79 Å². The van der Waals surface area contributed by atoms with E-state index in [0.717, 1.165) is 11.1 Å². The number of rotatable bonds is 3. The Labute approximate surface area is 116 Å². The maximum Gasteiger partial charge on any atom is 0.316 e. The summed E-state index contributed by atoms with van der Waals surface area (Å²) in [6.07, 6.45) is 0. The van der Waals surface area contributed by atoms with E-state index in [1.807, 2.05) is 34.6 Å². The predicted octanol–water partition coefficient (Wildman–Crippen LogP) is 3.18. The smallest absolute Gasteiger partial charge is 0.316 e. The molecule has 0 unspecified atom stereocenters. The molecule has 1 rings (SSSR count). The summed E-state index contributed by atoms with van der Waals surface area (Å²) < 4.78 is 5.22. The second-order valence-electron chi connectivity index (χ2n) is 4.92. The van der Waals surface area contributed by atoms with Gasteiger partial charge in [-0.2, -0.15) is 0 Å². The summed E-state index contributed by atoms with van der Waals surface area (Å²) in [6.45, 7) is 9.31. The fourth-order valence-electron chi connectivity index (χ4n) is 1.19. The van der Waals surface area contributed by atoms with E-state index in [-0.39, 0.29) is 11.7 Å². The van der Waals surface area contributed by atoms with Crippen LogP contribution in [0.3, 0.4) is 0 Å². The molecule has 1 heterocycles. The minimum atomic E-state index is -0.464. The minimum absolute atomic E-state index is 0.216. The van der Waals surface area contributed by atoms with Gasteiger partial charge in [0.25, 0.3) is 0 Å². The Kier molecular flexibility index (Phi) is 4.99. The van der Waals surface area contributed by atoms with E-state index in [2.05, 4.69) is 10.2 Å². The van der Waals surface area contributed by atoms with Gasteiger partial charge in [0.05, 0.1) is 5.75 Å². The molecule has 0 spiro atoms. The van der Waals surface area contributed by atoms with E-state index in [9.17, 15) is 4.79 Å². The van der Waals surface area contributed by atoms with Crippen LogP contribution in [0.4, 0.5) is 0 Å². The van der Waals surface area contributed by atoms with Crippen molar-refractivity contribution in [3.63, 3.8) is 0 Å². The van der Waals surface area contributed by atoms with Crippen LogP contribution in [-0.2, 0) is 9.53 Å². The van der Waals surface area contributed by atoms with Crippen LogP contribution in [0.25, 0.3) is 0 Å². The van der Waals surface area contributed by atoms with Crippen molar-refractivity contribution in [1.29, 1.82) is 0 Å². The van der Waals surface area contributed by atoms with Crippen molar-refractivity contribution < 1.29 is 9.53 Å². The van der Waals surface area contributed by atoms with Gasteiger partial charge in [0.15, 0.2) is 5.15 Å². The van der Waals surface area contributed by atoms with Crippen molar-refractivity contribution >= 4 is 29.3 Å². The van der Waals surface area contributed by atoms with E-state index in [4.69, 9.17) is 16.3 Å². The number of carbonyl (C=O) groups excluding carboxylic acids is 1. The molecule has 0 saturated carbocycles. The third kappa shape index (κ3) is 4.46. The Bertz CT molecular complexity index is 458. The van der Waals surface area contributed by atoms with Crippen LogP contribution in [0, 0.1) is 13.8 Å². The Balaban J connectivity index is 2.65. The molecule has 6 heteroatoms.